The van der Waals surface area contributed by atoms with Gasteiger partial charge in [-0.05, 0) is 75.4 Å². The molecule has 0 bridgehead atoms. The van der Waals surface area contributed by atoms with Crippen molar-refractivity contribution in [2.75, 3.05) is 44.2 Å². The molecule has 0 atom stereocenters. The normalized spacial score (nSPS) is 22.3. The molecular weight excluding hydrogens is 390 g/mol. The first kappa shape index (κ1) is 20.5. The standard InChI is InChI=1S/C24H33N5O2/c1-17-15-29(19-6-11-27(12-7-19)16-18-4-9-25-10-5-18)22-3-2-20(14-21(17)22)28-13-8-23(30)26-24(28)31/h2-3,14-15,18-19,25H,4-13,16H2,1H3,(H,26,30,31). The van der Waals surface area contributed by atoms with Gasteiger partial charge in [-0.3, -0.25) is 15.0 Å². The highest BCUT2D eigenvalue weighted by Gasteiger charge is 2.27. The van der Waals surface area contributed by atoms with E-state index in [4.69, 9.17) is 0 Å². The topological polar surface area (TPSA) is 69.6 Å². The van der Waals surface area contributed by atoms with Crippen molar-refractivity contribution in [2.45, 2.75) is 45.1 Å². The van der Waals surface area contributed by atoms with Gasteiger partial charge in [-0.25, -0.2) is 4.79 Å². The van der Waals surface area contributed by atoms with Crippen LogP contribution in [0.3, 0.4) is 0 Å². The SMILES string of the molecule is Cc1cn(C2CCN(CC3CCNCC3)CC2)c2ccc(N3CCC(=O)NC3=O)cc12. The van der Waals surface area contributed by atoms with Gasteiger partial charge in [0.25, 0.3) is 0 Å². The van der Waals surface area contributed by atoms with Crippen LogP contribution in [-0.2, 0) is 4.79 Å². The number of rotatable bonds is 4. The van der Waals surface area contributed by atoms with E-state index < -0.39 is 0 Å². The Hall–Kier alpha value is -2.38. The second-order valence-corrected chi connectivity index (χ2v) is 9.40. The number of carbonyl (C=O) groups is 2. The summed E-state index contributed by atoms with van der Waals surface area (Å²) in [5.74, 6) is 0.657. The van der Waals surface area contributed by atoms with Gasteiger partial charge in [0.15, 0.2) is 0 Å². The number of imide groups is 1. The predicted molar refractivity (Wildman–Crippen MR) is 122 cm³/mol. The molecule has 0 spiro atoms. The Morgan fingerprint density at radius 2 is 1.81 bits per heavy atom. The van der Waals surface area contributed by atoms with Crippen molar-refractivity contribution in [2.24, 2.45) is 5.92 Å². The zero-order chi connectivity index (χ0) is 21.4. The fraction of sp³-hybridized carbons (Fsp3) is 0.583. The lowest BCUT2D eigenvalue weighted by Gasteiger charge is -2.36. The quantitative estimate of drug-likeness (QED) is 0.793. The van der Waals surface area contributed by atoms with Crippen LogP contribution in [0.15, 0.2) is 24.4 Å². The summed E-state index contributed by atoms with van der Waals surface area (Å²) in [5.41, 5.74) is 3.34. The van der Waals surface area contributed by atoms with Crippen LogP contribution in [0, 0.1) is 12.8 Å². The lowest BCUT2D eigenvalue weighted by atomic mass is 9.96. The first-order chi connectivity index (χ1) is 15.1. The van der Waals surface area contributed by atoms with E-state index in [-0.39, 0.29) is 11.9 Å². The van der Waals surface area contributed by atoms with E-state index in [2.05, 4.69) is 45.4 Å². The molecular formula is C24H33N5O2. The van der Waals surface area contributed by atoms with E-state index in [0.29, 0.717) is 19.0 Å². The van der Waals surface area contributed by atoms with Gasteiger partial charge in [0.2, 0.25) is 5.91 Å². The number of fused-ring (bicyclic) bond motifs is 1. The number of hydrogen-bond donors (Lipinski definition) is 2. The van der Waals surface area contributed by atoms with E-state index >= 15 is 0 Å². The Kier molecular flexibility index (Phi) is 5.71. The molecule has 3 aliphatic rings. The molecule has 3 amide bonds. The average Bonchev–Trinajstić information content (AvgIpc) is 3.11. The Morgan fingerprint density at radius 3 is 2.55 bits per heavy atom. The van der Waals surface area contributed by atoms with Gasteiger partial charge in [-0.1, -0.05) is 0 Å². The number of aromatic nitrogens is 1. The van der Waals surface area contributed by atoms with E-state index in [9.17, 15) is 9.59 Å². The molecule has 0 saturated carbocycles. The minimum atomic E-state index is -0.325. The molecule has 5 rings (SSSR count). The summed E-state index contributed by atoms with van der Waals surface area (Å²) in [6.07, 6.45) is 7.63. The van der Waals surface area contributed by atoms with Crippen molar-refractivity contribution >= 4 is 28.5 Å². The number of amides is 3. The van der Waals surface area contributed by atoms with Gasteiger partial charge < -0.3 is 14.8 Å². The van der Waals surface area contributed by atoms with Crippen molar-refractivity contribution < 1.29 is 9.59 Å². The zero-order valence-corrected chi connectivity index (χ0v) is 18.4. The highest BCUT2D eigenvalue weighted by Crippen LogP contribution is 2.33. The summed E-state index contributed by atoms with van der Waals surface area (Å²) in [5, 5.41) is 7.08. The maximum atomic E-state index is 12.2. The van der Waals surface area contributed by atoms with Crippen LogP contribution in [0.5, 0.6) is 0 Å². The molecule has 3 aliphatic heterocycles. The number of hydrogen-bond acceptors (Lipinski definition) is 4. The number of nitrogens with zero attached hydrogens (tertiary/aromatic N) is 3. The van der Waals surface area contributed by atoms with Crippen LogP contribution in [0.1, 0.15) is 43.7 Å². The first-order valence-electron chi connectivity index (χ1n) is 11.7. The van der Waals surface area contributed by atoms with Gasteiger partial charge in [-0.15, -0.1) is 0 Å². The highest BCUT2D eigenvalue weighted by atomic mass is 16.2. The minimum absolute atomic E-state index is 0.198. The van der Waals surface area contributed by atoms with Gasteiger partial charge in [0.1, 0.15) is 0 Å². The third-order valence-corrected chi connectivity index (χ3v) is 7.31. The molecule has 4 heterocycles. The minimum Gasteiger partial charge on any atom is -0.344 e. The second kappa shape index (κ2) is 8.63. The summed E-state index contributed by atoms with van der Waals surface area (Å²) in [7, 11) is 0. The summed E-state index contributed by atoms with van der Waals surface area (Å²) >= 11 is 0. The van der Waals surface area contributed by atoms with E-state index in [1.807, 2.05) is 6.07 Å². The number of aryl methyl sites for hydroxylation is 1. The summed E-state index contributed by atoms with van der Waals surface area (Å²) < 4.78 is 2.45. The number of anilines is 1. The number of likely N-dealkylation sites (tertiary alicyclic amines) is 1. The Bertz CT molecular complexity index is 970. The molecule has 1 aromatic carbocycles. The monoisotopic (exact) mass is 423 g/mol. The summed E-state index contributed by atoms with van der Waals surface area (Å²) in [4.78, 5) is 28.0. The highest BCUT2D eigenvalue weighted by molar-refractivity contribution is 6.06. The maximum absolute atomic E-state index is 12.2. The van der Waals surface area contributed by atoms with Crippen LogP contribution >= 0.6 is 0 Å². The molecule has 31 heavy (non-hydrogen) atoms. The van der Waals surface area contributed by atoms with E-state index in [1.165, 1.54) is 74.9 Å². The van der Waals surface area contributed by atoms with Gasteiger partial charge >= 0.3 is 6.03 Å². The Morgan fingerprint density at radius 1 is 1.03 bits per heavy atom. The average molecular weight is 424 g/mol. The van der Waals surface area contributed by atoms with Crippen LogP contribution in [0.2, 0.25) is 0 Å². The summed E-state index contributed by atoms with van der Waals surface area (Å²) in [6, 6.07) is 6.46. The van der Waals surface area contributed by atoms with Crippen molar-refractivity contribution in [1.29, 1.82) is 0 Å². The number of benzene rings is 1. The van der Waals surface area contributed by atoms with Crippen molar-refractivity contribution in [3.05, 3.63) is 30.0 Å². The van der Waals surface area contributed by atoms with E-state index in [0.717, 1.165) is 11.6 Å². The molecule has 3 saturated heterocycles. The smallest absolute Gasteiger partial charge is 0.328 e. The third-order valence-electron chi connectivity index (χ3n) is 7.31. The molecule has 7 heteroatoms. The first-order valence-corrected chi connectivity index (χ1v) is 11.7. The largest absolute Gasteiger partial charge is 0.344 e. The van der Waals surface area contributed by atoms with Crippen molar-refractivity contribution in [1.82, 2.24) is 20.1 Å². The molecule has 0 aliphatic carbocycles. The van der Waals surface area contributed by atoms with Gasteiger partial charge in [-0.2, -0.15) is 0 Å². The molecule has 1 aromatic heterocycles. The second-order valence-electron chi connectivity index (χ2n) is 9.40. The van der Waals surface area contributed by atoms with Crippen LogP contribution < -0.4 is 15.5 Å². The Labute approximate surface area is 183 Å². The van der Waals surface area contributed by atoms with Crippen LogP contribution in [-0.4, -0.2) is 60.7 Å². The number of carbonyl (C=O) groups excluding carboxylic acids is 2. The third kappa shape index (κ3) is 4.21. The van der Waals surface area contributed by atoms with Gasteiger partial charge in [0.05, 0.1) is 0 Å². The number of nitrogens with one attached hydrogen (secondary N) is 2. The van der Waals surface area contributed by atoms with E-state index in [1.54, 1.807) is 4.90 Å². The lowest BCUT2D eigenvalue weighted by Crippen LogP contribution is -2.49. The maximum Gasteiger partial charge on any atom is 0.328 e. The summed E-state index contributed by atoms with van der Waals surface area (Å²) in [6.45, 7) is 8.53. The van der Waals surface area contributed by atoms with Crippen LogP contribution in [0.4, 0.5) is 10.5 Å². The van der Waals surface area contributed by atoms with Crippen molar-refractivity contribution in [3.8, 4) is 0 Å². The fourth-order valence-corrected chi connectivity index (χ4v) is 5.50. The molecule has 0 unspecified atom stereocenters. The molecule has 2 aromatic rings. The Balaban J connectivity index is 1.29. The molecule has 0 radical (unpaired) electrons. The van der Waals surface area contributed by atoms with Crippen molar-refractivity contribution in [3.63, 3.8) is 0 Å². The molecule has 2 N–H and O–H groups in total. The number of piperidine rings is 2. The lowest BCUT2D eigenvalue weighted by molar-refractivity contribution is -0.120. The predicted octanol–water partition coefficient (Wildman–Crippen LogP) is 3.03. The van der Waals surface area contributed by atoms with Crippen LogP contribution in [0.25, 0.3) is 10.9 Å². The number of urea groups is 1. The molecule has 3 fully saturated rings. The van der Waals surface area contributed by atoms with Gasteiger partial charge in [0, 0.05) is 61.4 Å². The molecule has 166 valence electrons. The molecule has 7 nitrogen and oxygen atoms in total. The zero-order valence-electron chi connectivity index (χ0n) is 18.4. The fourth-order valence-electron chi connectivity index (χ4n) is 5.50.